The average Bonchev–Trinajstić information content (AvgIpc) is 3.08. The molecule has 1 saturated heterocycles. The van der Waals surface area contributed by atoms with E-state index in [1.807, 2.05) is 18.2 Å². The van der Waals surface area contributed by atoms with Crippen LogP contribution in [0.4, 0.5) is 0 Å². The summed E-state index contributed by atoms with van der Waals surface area (Å²) in [7, 11) is -3.64. The lowest BCUT2D eigenvalue weighted by molar-refractivity contribution is -0.131. The lowest BCUT2D eigenvalue weighted by Gasteiger charge is -2.34. The molecule has 0 radical (unpaired) electrons. The molecule has 2 fully saturated rings. The Labute approximate surface area is 196 Å². The summed E-state index contributed by atoms with van der Waals surface area (Å²) in [6.07, 6.45) is 7.61. The van der Waals surface area contributed by atoms with Crippen molar-refractivity contribution in [2.75, 3.05) is 12.3 Å². The lowest BCUT2D eigenvalue weighted by Crippen LogP contribution is -2.40. The van der Waals surface area contributed by atoms with Crippen molar-refractivity contribution in [3.8, 4) is 0 Å². The van der Waals surface area contributed by atoms with Crippen molar-refractivity contribution in [1.82, 2.24) is 10.2 Å². The number of nitrogens with zero attached hydrogens (tertiary/aromatic N) is 1. The largest absolute Gasteiger partial charge is 0.352 e. The summed E-state index contributed by atoms with van der Waals surface area (Å²) in [5.74, 6) is -0.992. The third-order valence-electron chi connectivity index (χ3n) is 6.63. The molecule has 0 bridgehead atoms. The monoisotopic (exact) mass is 468 g/mol. The second-order valence-corrected chi connectivity index (χ2v) is 11.1. The highest BCUT2D eigenvalue weighted by molar-refractivity contribution is 7.92. The van der Waals surface area contributed by atoms with E-state index in [0.29, 0.717) is 17.7 Å². The number of hydrogen-bond acceptors (Lipinski definition) is 4. The van der Waals surface area contributed by atoms with E-state index in [2.05, 4.69) is 17.4 Å². The molecule has 4 rings (SSSR count). The fourth-order valence-corrected chi connectivity index (χ4v) is 6.84. The van der Waals surface area contributed by atoms with Crippen LogP contribution in [0.3, 0.4) is 0 Å². The number of benzene rings is 2. The molecule has 33 heavy (non-hydrogen) atoms. The zero-order chi connectivity index (χ0) is 23.3. The van der Waals surface area contributed by atoms with Crippen LogP contribution in [0.2, 0.25) is 0 Å². The number of unbranched alkanes of at least 4 members (excludes halogenated alkanes) is 1. The standard InChI is InChI=1S/C26H32N2O4S/c29-24-19-33(31,32)26(28(24)23-15-5-2-6-16-23)22-14-9-13-21(18-22)25(30)27-17-8-7-12-20-10-3-1-4-11-20/h1,3-4,9-11,13-14,18,23,26H,2,5-8,12,15-17,19H2,(H,27,30). The zero-order valence-electron chi connectivity index (χ0n) is 18.9. The second-order valence-electron chi connectivity index (χ2n) is 9.08. The number of amides is 2. The van der Waals surface area contributed by atoms with Crippen molar-refractivity contribution in [2.45, 2.75) is 62.8 Å². The highest BCUT2D eigenvalue weighted by Gasteiger charge is 2.47. The minimum atomic E-state index is -3.64. The van der Waals surface area contributed by atoms with Crippen molar-refractivity contribution in [2.24, 2.45) is 0 Å². The zero-order valence-corrected chi connectivity index (χ0v) is 19.7. The van der Waals surface area contributed by atoms with Gasteiger partial charge in [0.2, 0.25) is 5.91 Å². The lowest BCUT2D eigenvalue weighted by atomic mass is 9.93. The molecule has 1 atom stereocenters. The molecule has 176 valence electrons. The van der Waals surface area contributed by atoms with Crippen LogP contribution in [0.5, 0.6) is 0 Å². The van der Waals surface area contributed by atoms with Gasteiger partial charge in [-0.05, 0) is 55.4 Å². The van der Waals surface area contributed by atoms with Crippen molar-refractivity contribution in [1.29, 1.82) is 0 Å². The van der Waals surface area contributed by atoms with Gasteiger partial charge in [-0.15, -0.1) is 0 Å². The van der Waals surface area contributed by atoms with Gasteiger partial charge in [-0.25, -0.2) is 8.42 Å². The Bertz CT molecular complexity index is 1080. The van der Waals surface area contributed by atoms with E-state index in [1.54, 1.807) is 29.2 Å². The maximum absolute atomic E-state index is 12.9. The SMILES string of the molecule is O=C(NCCCCc1ccccc1)c1cccc(C2N(C3CCCCC3)C(=O)CS2(=O)=O)c1. The molecule has 2 aromatic rings. The summed E-state index contributed by atoms with van der Waals surface area (Å²) >= 11 is 0. The molecule has 1 aliphatic carbocycles. The van der Waals surface area contributed by atoms with E-state index in [9.17, 15) is 18.0 Å². The topological polar surface area (TPSA) is 83.6 Å². The summed E-state index contributed by atoms with van der Waals surface area (Å²) in [6.45, 7) is 0.560. The van der Waals surface area contributed by atoms with Crippen LogP contribution < -0.4 is 5.32 Å². The van der Waals surface area contributed by atoms with Gasteiger partial charge in [0.1, 0.15) is 5.75 Å². The van der Waals surface area contributed by atoms with Gasteiger partial charge in [0, 0.05) is 18.2 Å². The normalized spacial score (nSPS) is 20.7. The third kappa shape index (κ3) is 5.64. The number of rotatable bonds is 8. The number of aryl methyl sites for hydroxylation is 1. The molecular formula is C26H32N2O4S. The Balaban J connectivity index is 1.40. The predicted octanol–water partition coefficient (Wildman–Crippen LogP) is 4.03. The van der Waals surface area contributed by atoms with Gasteiger partial charge in [0.25, 0.3) is 5.91 Å². The summed E-state index contributed by atoms with van der Waals surface area (Å²) in [5, 5.41) is 1.94. The van der Waals surface area contributed by atoms with E-state index in [1.165, 1.54) is 5.56 Å². The minimum Gasteiger partial charge on any atom is -0.352 e. The van der Waals surface area contributed by atoms with E-state index >= 15 is 0 Å². The van der Waals surface area contributed by atoms with Gasteiger partial charge >= 0.3 is 0 Å². The molecule has 2 aliphatic rings. The fourth-order valence-electron chi connectivity index (χ4n) is 4.99. The van der Waals surface area contributed by atoms with Crippen LogP contribution in [-0.4, -0.2) is 43.5 Å². The van der Waals surface area contributed by atoms with Crippen LogP contribution in [0.15, 0.2) is 54.6 Å². The van der Waals surface area contributed by atoms with Gasteiger partial charge in [-0.1, -0.05) is 61.7 Å². The number of hydrogen-bond donors (Lipinski definition) is 1. The van der Waals surface area contributed by atoms with Gasteiger partial charge in [0.15, 0.2) is 15.2 Å². The van der Waals surface area contributed by atoms with Crippen LogP contribution in [0.25, 0.3) is 0 Å². The van der Waals surface area contributed by atoms with Gasteiger partial charge in [0.05, 0.1) is 0 Å². The Morgan fingerprint density at radius 1 is 0.970 bits per heavy atom. The van der Waals surface area contributed by atoms with E-state index in [-0.39, 0.29) is 17.9 Å². The third-order valence-corrected chi connectivity index (χ3v) is 8.46. The van der Waals surface area contributed by atoms with Crippen LogP contribution in [0, 0.1) is 0 Å². The molecule has 0 spiro atoms. The Kier molecular flexibility index (Phi) is 7.48. The highest BCUT2D eigenvalue weighted by Crippen LogP contribution is 2.39. The maximum Gasteiger partial charge on any atom is 0.251 e. The van der Waals surface area contributed by atoms with Crippen LogP contribution in [-0.2, 0) is 21.1 Å². The molecule has 1 aliphatic heterocycles. The molecule has 0 aromatic heterocycles. The second kappa shape index (κ2) is 10.5. The Morgan fingerprint density at radius 2 is 1.73 bits per heavy atom. The molecule has 1 N–H and O–H groups in total. The van der Waals surface area contributed by atoms with Gasteiger partial charge < -0.3 is 10.2 Å². The van der Waals surface area contributed by atoms with Crippen LogP contribution in [0.1, 0.15) is 71.8 Å². The first-order valence-corrected chi connectivity index (χ1v) is 13.6. The first kappa shape index (κ1) is 23.5. The summed E-state index contributed by atoms with van der Waals surface area (Å²) < 4.78 is 25.8. The molecule has 1 unspecified atom stereocenters. The van der Waals surface area contributed by atoms with E-state index < -0.39 is 21.0 Å². The molecule has 2 aromatic carbocycles. The molecule has 7 heteroatoms. The van der Waals surface area contributed by atoms with E-state index in [0.717, 1.165) is 51.4 Å². The maximum atomic E-state index is 12.9. The molecule has 6 nitrogen and oxygen atoms in total. The van der Waals surface area contributed by atoms with Crippen LogP contribution >= 0.6 is 0 Å². The molecule has 2 amide bonds. The number of nitrogens with one attached hydrogen (secondary N) is 1. The molecule has 1 saturated carbocycles. The van der Waals surface area contributed by atoms with Crippen molar-refractivity contribution in [3.05, 3.63) is 71.3 Å². The van der Waals surface area contributed by atoms with E-state index in [4.69, 9.17) is 0 Å². The van der Waals surface area contributed by atoms with Crippen molar-refractivity contribution < 1.29 is 18.0 Å². The fraction of sp³-hybridized carbons (Fsp3) is 0.462. The number of carbonyl (C=O) groups excluding carboxylic acids is 2. The number of carbonyl (C=O) groups is 2. The first-order valence-electron chi connectivity index (χ1n) is 11.9. The Hall–Kier alpha value is -2.67. The Morgan fingerprint density at radius 3 is 2.48 bits per heavy atom. The van der Waals surface area contributed by atoms with Gasteiger partial charge in [-0.2, -0.15) is 0 Å². The summed E-state index contributed by atoms with van der Waals surface area (Å²) in [6, 6.07) is 17.0. The van der Waals surface area contributed by atoms with Gasteiger partial charge in [-0.3, -0.25) is 9.59 Å². The highest BCUT2D eigenvalue weighted by atomic mass is 32.2. The predicted molar refractivity (Wildman–Crippen MR) is 128 cm³/mol. The molecular weight excluding hydrogens is 436 g/mol. The summed E-state index contributed by atoms with van der Waals surface area (Å²) in [5.41, 5.74) is 2.21. The minimum absolute atomic E-state index is 0.0457. The average molecular weight is 469 g/mol. The number of sulfone groups is 1. The summed E-state index contributed by atoms with van der Waals surface area (Å²) in [4.78, 5) is 27.0. The van der Waals surface area contributed by atoms with Crippen molar-refractivity contribution in [3.63, 3.8) is 0 Å². The first-order chi connectivity index (χ1) is 16.0. The van der Waals surface area contributed by atoms with Crippen molar-refractivity contribution >= 4 is 21.7 Å². The smallest absolute Gasteiger partial charge is 0.251 e. The quantitative estimate of drug-likeness (QED) is 0.593. The molecule has 1 heterocycles.